The molecular weight excluding hydrogens is 648 g/mol. The zero-order chi connectivity index (χ0) is 35.3. The number of carbonyl (C=O) groups is 5. The van der Waals surface area contributed by atoms with Gasteiger partial charge >= 0.3 is 11.9 Å². The van der Waals surface area contributed by atoms with Crippen molar-refractivity contribution in [3.63, 3.8) is 0 Å². The molecule has 8 rings (SSSR count). The zero-order valence-electron chi connectivity index (χ0n) is 27.2. The number of ether oxygens (including phenoxy) is 3. The van der Waals surface area contributed by atoms with E-state index in [0.717, 1.165) is 0 Å². The minimum Gasteiger partial charge on any atom is -0.422 e. The summed E-state index contributed by atoms with van der Waals surface area (Å²) in [6.45, 7) is 0. The molecule has 51 heavy (non-hydrogen) atoms. The van der Waals surface area contributed by atoms with Crippen LogP contribution in [0.3, 0.4) is 0 Å². The van der Waals surface area contributed by atoms with Crippen molar-refractivity contribution in [2.24, 2.45) is 0 Å². The van der Waals surface area contributed by atoms with Gasteiger partial charge in [0.1, 0.15) is 17.1 Å². The second-order valence-corrected chi connectivity index (χ2v) is 13.2. The number of carbonyl (C=O) groups excluding carboxylic acids is 5. The monoisotopic (exact) mass is 678 g/mol. The van der Waals surface area contributed by atoms with Crippen LogP contribution < -0.4 is 9.47 Å². The van der Waals surface area contributed by atoms with Crippen molar-refractivity contribution >= 4 is 29.3 Å². The van der Waals surface area contributed by atoms with Crippen molar-refractivity contribution < 1.29 is 43.3 Å². The molecule has 9 nitrogen and oxygen atoms in total. The van der Waals surface area contributed by atoms with Gasteiger partial charge in [0, 0.05) is 48.8 Å². The molecule has 4 aliphatic rings. The molecule has 7 bridgehead atoms. The summed E-state index contributed by atoms with van der Waals surface area (Å²) in [5, 5.41) is 12.8. The van der Waals surface area contributed by atoms with Crippen LogP contribution in [0, 0.1) is 0 Å². The highest BCUT2D eigenvalue weighted by molar-refractivity contribution is 6.14. The summed E-state index contributed by atoms with van der Waals surface area (Å²) in [6.07, 6.45) is 2.83. The van der Waals surface area contributed by atoms with Gasteiger partial charge in [0.2, 0.25) is 5.79 Å². The highest BCUT2D eigenvalue weighted by Crippen LogP contribution is 2.48. The fourth-order valence-electron chi connectivity index (χ4n) is 7.37. The third kappa shape index (κ3) is 5.76. The molecule has 4 aromatic rings. The first-order chi connectivity index (χ1) is 24.6. The quantitative estimate of drug-likeness (QED) is 0.223. The first kappa shape index (κ1) is 32.2. The van der Waals surface area contributed by atoms with Crippen LogP contribution in [0.25, 0.3) is 0 Å². The topological polar surface area (TPSA) is 133 Å². The van der Waals surface area contributed by atoms with Gasteiger partial charge in [0.25, 0.3) is 0 Å². The Kier molecular flexibility index (Phi) is 7.82. The van der Waals surface area contributed by atoms with Gasteiger partial charge in [-0.05, 0) is 64.7 Å². The molecule has 2 atom stereocenters. The van der Waals surface area contributed by atoms with Crippen molar-refractivity contribution in [1.29, 1.82) is 0 Å². The van der Waals surface area contributed by atoms with E-state index in [9.17, 15) is 29.1 Å². The van der Waals surface area contributed by atoms with Crippen LogP contribution in [0.1, 0.15) is 49.4 Å². The summed E-state index contributed by atoms with van der Waals surface area (Å²) in [5.74, 6) is -4.75. The fraction of sp³-hybridized carbons (Fsp3) is 0.167. The Bertz CT molecular complexity index is 2260. The Hall–Kier alpha value is -6.03. The smallest absolute Gasteiger partial charge is 0.343 e. The Morgan fingerprint density at radius 1 is 0.588 bits per heavy atom. The minimum atomic E-state index is -2.36. The van der Waals surface area contributed by atoms with E-state index in [0.29, 0.717) is 33.4 Å². The number of aliphatic hydroxyl groups is 1. The predicted octanol–water partition coefficient (Wildman–Crippen LogP) is 5.37. The van der Waals surface area contributed by atoms with Crippen LogP contribution in [0.15, 0.2) is 132 Å². The molecule has 1 N–H and O–H groups in total. The van der Waals surface area contributed by atoms with Gasteiger partial charge in [-0.15, -0.1) is 0 Å². The van der Waals surface area contributed by atoms with Gasteiger partial charge in [-0.25, -0.2) is 9.59 Å². The molecule has 0 saturated carbocycles. The van der Waals surface area contributed by atoms with Gasteiger partial charge in [-0.2, -0.15) is 0 Å². The average molecular weight is 679 g/mol. The lowest BCUT2D eigenvalue weighted by atomic mass is 9.76. The zero-order valence-corrected chi connectivity index (χ0v) is 27.2. The largest absolute Gasteiger partial charge is 0.422 e. The van der Waals surface area contributed by atoms with Gasteiger partial charge < -0.3 is 19.3 Å². The third-order valence-corrected chi connectivity index (χ3v) is 9.73. The fourth-order valence-corrected chi connectivity index (χ4v) is 7.37. The number of fused-ring (bicyclic) bond motifs is 5. The van der Waals surface area contributed by atoms with Crippen LogP contribution >= 0.6 is 0 Å². The van der Waals surface area contributed by atoms with E-state index >= 15 is 0 Å². The molecule has 0 aromatic heterocycles. The van der Waals surface area contributed by atoms with Crippen molar-refractivity contribution in [2.75, 3.05) is 0 Å². The van der Waals surface area contributed by atoms with Crippen LogP contribution in [0.5, 0.6) is 11.5 Å². The van der Waals surface area contributed by atoms with Crippen LogP contribution in [-0.4, -0.2) is 45.8 Å². The number of esters is 2. The first-order valence-corrected chi connectivity index (χ1v) is 16.5. The Balaban J connectivity index is 1.31. The minimum absolute atomic E-state index is 0.0874. The molecule has 0 radical (unpaired) electrons. The van der Waals surface area contributed by atoms with E-state index in [2.05, 4.69) is 0 Å². The summed E-state index contributed by atoms with van der Waals surface area (Å²) in [6, 6.07) is 27.1. The number of benzene rings is 4. The summed E-state index contributed by atoms with van der Waals surface area (Å²) in [7, 11) is 0. The maximum absolute atomic E-state index is 14.9. The number of Topliss-reactive ketones (excluding diaryl/α,β-unsaturated/α-hetero) is 1. The van der Waals surface area contributed by atoms with Gasteiger partial charge in [0.15, 0.2) is 17.3 Å². The molecule has 0 saturated heterocycles. The lowest BCUT2D eigenvalue weighted by Gasteiger charge is -2.44. The SMILES string of the molecule is O=C1C=C2Cc3cccc(c3OC(=O)c3ccccc3)CC3=CC(=O)CC4(Cc5cccc(c5OC(=O)c5ccccc5)CC(=C1)C2(O)O4)C3=O. The summed E-state index contributed by atoms with van der Waals surface area (Å²) >= 11 is 0. The summed E-state index contributed by atoms with van der Waals surface area (Å²) in [5.41, 5.74) is 0.690. The molecule has 4 aromatic carbocycles. The Morgan fingerprint density at radius 3 is 1.63 bits per heavy atom. The van der Waals surface area contributed by atoms with E-state index in [1.165, 1.54) is 18.2 Å². The van der Waals surface area contributed by atoms with Crippen molar-refractivity contribution in [2.45, 2.75) is 43.5 Å². The maximum atomic E-state index is 14.9. The molecule has 0 amide bonds. The number of rotatable bonds is 4. The lowest BCUT2D eigenvalue weighted by Crippen LogP contribution is -2.56. The lowest BCUT2D eigenvalue weighted by molar-refractivity contribution is -0.222. The number of hydrogen-bond acceptors (Lipinski definition) is 9. The standard InChI is InChI=1S/C42H30O9/c43-34-21-32-18-28-14-7-13-27(36(28)49-39(46)25-9-3-1-4-10-25)17-31-20-35(44)24-41(38(31)45)23-30-16-8-15-29(19-33(22-34)42(32,48)51-41)37(30)50-40(47)26-11-5-2-6-12-26/h1-16,20-22,48H,17-19,23-24H2. The summed E-state index contributed by atoms with van der Waals surface area (Å²) in [4.78, 5) is 68.7. The molecule has 9 heteroatoms. The van der Waals surface area contributed by atoms with Crippen molar-refractivity contribution in [1.82, 2.24) is 0 Å². The number of hydrogen-bond donors (Lipinski definition) is 1. The number of allylic oxidation sites excluding steroid dienone is 3. The van der Waals surface area contributed by atoms with E-state index in [1.807, 2.05) is 0 Å². The first-order valence-electron chi connectivity index (χ1n) is 16.5. The predicted molar refractivity (Wildman–Crippen MR) is 183 cm³/mol. The Labute approximate surface area is 292 Å². The second-order valence-electron chi connectivity index (χ2n) is 13.2. The maximum Gasteiger partial charge on any atom is 0.343 e. The highest BCUT2D eigenvalue weighted by atomic mass is 16.6. The van der Waals surface area contributed by atoms with Gasteiger partial charge in [-0.3, -0.25) is 14.4 Å². The molecule has 2 aliphatic carbocycles. The molecule has 0 fully saturated rings. The number of ketones is 3. The van der Waals surface area contributed by atoms with Crippen LogP contribution in [0.2, 0.25) is 0 Å². The third-order valence-electron chi connectivity index (χ3n) is 9.73. The molecule has 2 unspecified atom stereocenters. The molecule has 1 spiro atoms. The van der Waals surface area contributed by atoms with Crippen LogP contribution in [0.4, 0.5) is 0 Å². The van der Waals surface area contributed by atoms with E-state index in [-0.39, 0.29) is 53.9 Å². The molecule has 252 valence electrons. The molecule has 2 aliphatic heterocycles. The van der Waals surface area contributed by atoms with Crippen LogP contribution in [-0.2, 0) is 44.8 Å². The Morgan fingerprint density at radius 2 is 1.08 bits per heavy atom. The van der Waals surface area contributed by atoms with E-state index < -0.39 is 47.1 Å². The van der Waals surface area contributed by atoms with Crippen molar-refractivity contribution in [3.8, 4) is 11.5 Å². The highest BCUT2D eigenvalue weighted by Gasteiger charge is 2.55. The number of para-hydroxylation sites is 2. The molecule has 2 heterocycles. The average Bonchev–Trinajstić information content (AvgIpc) is 3.13. The van der Waals surface area contributed by atoms with E-state index in [1.54, 1.807) is 97.1 Å². The normalized spacial score (nSPS) is 22.1. The van der Waals surface area contributed by atoms with Gasteiger partial charge in [-0.1, -0.05) is 72.8 Å². The van der Waals surface area contributed by atoms with E-state index in [4.69, 9.17) is 14.2 Å². The van der Waals surface area contributed by atoms with Crippen molar-refractivity contribution in [3.05, 3.63) is 165 Å². The summed E-state index contributed by atoms with van der Waals surface area (Å²) < 4.78 is 18.7. The second kappa shape index (κ2) is 12.4. The van der Waals surface area contributed by atoms with Gasteiger partial charge in [0.05, 0.1) is 11.1 Å². The molecular formula is C42H30O9.